The molecule has 0 radical (unpaired) electrons. The third-order valence-electron chi connectivity index (χ3n) is 2.70. The molecule has 16 heavy (non-hydrogen) atoms. The van der Waals surface area contributed by atoms with Crippen molar-refractivity contribution in [3.05, 3.63) is 12.3 Å². The maximum atomic E-state index is 10.8. The van der Waals surface area contributed by atoms with Crippen molar-refractivity contribution >= 4 is 5.97 Å². The van der Waals surface area contributed by atoms with Gasteiger partial charge in [-0.3, -0.25) is 4.79 Å². The number of hydrogen-bond acceptors (Lipinski definition) is 3. The van der Waals surface area contributed by atoms with Crippen molar-refractivity contribution in [3.8, 4) is 0 Å². The number of esters is 1. The summed E-state index contributed by atoms with van der Waals surface area (Å²) in [5.74, 6) is -0.271. The molecule has 0 atom stereocenters. The molecule has 0 spiro atoms. The predicted molar refractivity (Wildman–Crippen MR) is 62.9 cm³/mol. The number of rotatable bonds is 4. The van der Waals surface area contributed by atoms with Gasteiger partial charge in [-0.05, 0) is 45.6 Å². The minimum absolute atomic E-state index is 0.271. The van der Waals surface area contributed by atoms with E-state index in [1.54, 1.807) is 12.3 Å². The predicted octanol–water partition coefficient (Wildman–Crippen LogP) is 3.19. The first-order chi connectivity index (χ1) is 7.49. The normalized spacial score (nSPS) is 18.7. The lowest BCUT2D eigenvalue weighted by molar-refractivity contribution is -0.149. The van der Waals surface area contributed by atoms with Gasteiger partial charge in [-0.15, -0.1) is 0 Å². The summed E-state index contributed by atoms with van der Waals surface area (Å²) in [4.78, 5) is 10.8. The Morgan fingerprint density at radius 2 is 1.88 bits per heavy atom. The fraction of sp³-hybridized carbons (Fsp3) is 0.769. The van der Waals surface area contributed by atoms with Crippen LogP contribution in [0.5, 0.6) is 0 Å². The Morgan fingerprint density at radius 3 is 2.44 bits per heavy atom. The highest BCUT2D eigenvalue weighted by atomic mass is 16.6. The first kappa shape index (κ1) is 13.1. The van der Waals surface area contributed by atoms with E-state index in [1.165, 1.54) is 26.2 Å². The molecule has 1 saturated carbocycles. The second-order valence-corrected chi connectivity index (χ2v) is 4.90. The van der Waals surface area contributed by atoms with E-state index in [4.69, 9.17) is 9.47 Å². The lowest BCUT2D eigenvalue weighted by atomic mass is 9.98. The molecule has 0 aromatic heterocycles. The second-order valence-electron chi connectivity index (χ2n) is 4.90. The van der Waals surface area contributed by atoms with Gasteiger partial charge >= 0.3 is 5.97 Å². The Morgan fingerprint density at radius 1 is 1.25 bits per heavy atom. The highest BCUT2D eigenvalue weighted by Crippen LogP contribution is 2.21. The highest BCUT2D eigenvalue weighted by molar-refractivity contribution is 5.66. The molecule has 0 aromatic carbocycles. The van der Waals surface area contributed by atoms with Crippen LogP contribution < -0.4 is 0 Å². The SMILES string of the molecule is CC(=O)OC(C)(C)C=COC1CCCCC1. The largest absolute Gasteiger partial charge is 0.498 e. The van der Waals surface area contributed by atoms with Crippen molar-refractivity contribution in [2.45, 2.75) is 64.6 Å². The molecule has 3 nitrogen and oxygen atoms in total. The third-order valence-corrected chi connectivity index (χ3v) is 2.70. The molecule has 1 aliphatic rings. The van der Waals surface area contributed by atoms with Gasteiger partial charge in [-0.2, -0.15) is 0 Å². The molecule has 3 heteroatoms. The standard InChI is InChI=1S/C13H22O3/c1-11(14)16-13(2,3)9-10-15-12-7-5-4-6-8-12/h9-10,12H,4-8H2,1-3H3. The highest BCUT2D eigenvalue weighted by Gasteiger charge is 2.18. The Hall–Kier alpha value is -0.990. The zero-order valence-electron chi connectivity index (χ0n) is 10.5. The van der Waals surface area contributed by atoms with Gasteiger partial charge in [0.05, 0.1) is 12.4 Å². The van der Waals surface area contributed by atoms with E-state index in [0.29, 0.717) is 6.10 Å². The molecule has 1 rings (SSSR count). The zero-order valence-corrected chi connectivity index (χ0v) is 10.5. The lowest BCUT2D eigenvalue weighted by Gasteiger charge is -2.23. The number of carbonyl (C=O) groups excluding carboxylic acids is 1. The fourth-order valence-electron chi connectivity index (χ4n) is 1.92. The number of hydrogen-bond donors (Lipinski definition) is 0. The van der Waals surface area contributed by atoms with Crippen molar-refractivity contribution < 1.29 is 14.3 Å². The van der Waals surface area contributed by atoms with Gasteiger partial charge in [0.2, 0.25) is 0 Å². The fourth-order valence-corrected chi connectivity index (χ4v) is 1.92. The van der Waals surface area contributed by atoms with Gasteiger partial charge in [0, 0.05) is 6.92 Å². The van der Waals surface area contributed by atoms with Crippen molar-refractivity contribution in [3.63, 3.8) is 0 Å². The molecule has 0 aliphatic heterocycles. The topological polar surface area (TPSA) is 35.5 Å². The van der Waals surface area contributed by atoms with Crippen LogP contribution in [0, 0.1) is 0 Å². The molecular formula is C13H22O3. The van der Waals surface area contributed by atoms with Crippen LogP contribution >= 0.6 is 0 Å². The first-order valence-electron chi connectivity index (χ1n) is 6.02. The van der Waals surface area contributed by atoms with E-state index >= 15 is 0 Å². The molecule has 1 fully saturated rings. The van der Waals surface area contributed by atoms with E-state index in [1.807, 2.05) is 13.8 Å². The number of carbonyl (C=O) groups is 1. The molecule has 0 N–H and O–H groups in total. The molecule has 0 amide bonds. The zero-order chi connectivity index (χ0) is 12.0. The van der Waals surface area contributed by atoms with Crippen LogP contribution in [0.3, 0.4) is 0 Å². The van der Waals surface area contributed by atoms with Gasteiger partial charge in [-0.25, -0.2) is 0 Å². The monoisotopic (exact) mass is 226 g/mol. The second kappa shape index (κ2) is 5.92. The molecule has 0 aromatic rings. The van der Waals surface area contributed by atoms with Gasteiger partial charge in [0.25, 0.3) is 0 Å². The lowest BCUT2D eigenvalue weighted by Crippen LogP contribution is -2.24. The molecule has 0 saturated heterocycles. The maximum absolute atomic E-state index is 10.8. The molecule has 0 bridgehead atoms. The van der Waals surface area contributed by atoms with Crippen LogP contribution in [0.1, 0.15) is 52.9 Å². The van der Waals surface area contributed by atoms with Crippen LogP contribution in [-0.4, -0.2) is 17.7 Å². The van der Waals surface area contributed by atoms with Crippen LogP contribution in [0.2, 0.25) is 0 Å². The Labute approximate surface area is 97.8 Å². The number of ether oxygens (including phenoxy) is 2. The molecule has 0 unspecified atom stereocenters. The van der Waals surface area contributed by atoms with Crippen molar-refractivity contribution in [2.75, 3.05) is 0 Å². The van der Waals surface area contributed by atoms with Gasteiger partial charge < -0.3 is 9.47 Å². The van der Waals surface area contributed by atoms with Crippen molar-refractivity contribution in [1.82, 2.24) is 0 Å². The van der Waals surface area contributed by atoms with E-state index in [2.05, 4.69) is 0 Å². The third kappa shape index (κ3) is 5.19. The summed E-state index contributed by atoms with van der Waals surface area (Å²) in [6.07, 6.45) is 9.93. The maximum Gasteiger partial charge on any atom is 0.303 e. The minimum atomic E-state index is -0.583. The van der Waals surface area contributed by atoms with E-state index in [0.717, 1.165) is 12.8 Å². The average molecular weight is 226 g/mol. The molecule has 92 valence electrons. The Balaban J connectivity index is 2.31. The van der Waals surface area contributed by atoms with Crippen molar-refractivity contribution in [2.24, 2.45) is 0 Å². The van der Waals surface area contributed by atoms with E-state index < -0.39 is 5.60 Å². The van der Waals surface area contributed by atoms with E-state index in [-0.39, 0.29) is 5.97 Å². The summed E-state index contributed by atoms with van der Waals surface area (Å²) in [5, 5.41) is 0. The quantitative estimate of drug-likeness (QED) is 0.545. The molecule has 0 heterocycles. The van der Waals surface area contributed by atoms with Crippen molar-refractivity contribution in [1.29, 1.82) is 0 Å². The van der Waals surface area contributed by atoms with Gasteiger partial charge in [-0.1, -0.05) is 6.42 Å². The summed E-state index contributed by atoms with van der Waals surface area (Å²) < 4.78 is 10.7. The summed E-state index contributed by atoms with van der Waals surface area (Å²) in [6, 6.07) is 0. The van der Waals surface area contributed by atoms with Crippen LogP contribution in [0.4, 0.5) is 0 Å². The Bertz CT molecular complexity index is 250. The molecular weight excluding hydrogens is 204 g/mol. The summed E-state index contributed by atoms with van der Waals surface area (Å²) in [5.41, 5.74) is -0.583. The summed E-state index contributed by atoms with van der Waals surface area (Å²) >= 11 is 0. The smallest absolute Gasteiger partial charge is 0.303 e. The van der Waals surface area contributed by atoms with E-state index in [9.17, 15) is 4.79 Å². The van der Waals surface area contributed by atoms with Crippen LogP contribution in [0.25, 0.3) is 0 Å². The van der Waals surface area contributed by atoms with Crippen LogP contribution in [0.15, 0.2) is 12.3 Å². The van der Waals surface area contributed by atoms with Gasteiger partial charge in [0.1, 0.15) is 5.60 Å². The van der Waals surface area contributed by atoms with Gasteiger partial charge in [0.15, 0.2) is 0 Å². The summed E-state index contributed by atoms with van der Waals surface area (Å²) in [7, 11) is 0. The molecule has 1 aliphatic carbocycles. The van der Waals surface area contributed by atoms with Crippen LogP contribution in [-0.2, 0) is 14.3 Å². The summed E-state index contributed by atoms with van der Waals surface area (Å²) in [6.45, 7) is 5.10. The average Bonchev–Trinajstić information content (AvgIpc) is 2.16. The Kier molecular flexibility index (Phi) is 4.84. The first-order valence-corrected chi connectivity index (χ1v) is 6.02. The minimum Gasteiger partial charge on any atom is -0.498 e.